The number of benzene rings is 2. The summed E-state index contributed by atoms with van der Waals surface area (Å²) in [5.74, 6) is 1.30. The Morgan fingerprint density at radius 2 is 1.95 bits per heavy atom. The molecule has 0 atom stereocenters. The number of rotatable bonds is 3. The van der Waals surface area contributed by atoms with E-state index in [1.54, 1.807) is 36.4 Å². The number of hydrogen-bond donors (Lipinski definition) is 1. The fraction of sp³-hybridized carbons (Fsp3) is 0.133. The normalized spacial score (nSPS) is 12.1. The summed E-state index contributed by atoms with van der Waals surface area (Å²) in [6, 6.07) is 10.2. The number of para-hydroxylation sites is 1. The standard InChI is InChI=1S/C15H12ClNO4/c1-19-12-5-3-2-4-9(12)15(18)17-11-7-14-13(6-10(11)16)20-8-21-14/h2-7H,8H2,1H3,(H,17,18). The van der Waals surface area contributed by atoms with Gasteiger partial charge < -0.3 is 19.5 Å². The van der Waals surface area contributed by atoms with Crippen molar-refractivity contribution in [2.75, 3.05) is 19.2 Å². The van der Waals surface area contributed by atoms with E-state index in [2.05, 4.69) is 5.32 Å². The van der Waals surface area contributed by atoms with E-state index in [1.165, 1.54) is 7.11 Å². The number of methoxy groups -OCH3 is 1. The van der Waals surface area contributed by atoms with E-state index in [0.29, 0.717) is 33.5 Å². The second-order valence-corrected chi connectivity index (χ2v) is 4.75. The Hall–Kier alpha value is -2.40. The highest BCUT2D eigenvalue weighted by molar-refractivity contribution is 6.34. The largest absolute Gasteiger partial charge is 0.496 e. The summed E-state index contributed by atoms with van der Waals surface area (Å²) in [4.78, 5) is 12.3. The van der Waals surface area contributed by atoms with E-state index < -0.39 is 0 Å². The molecule has 0 saturated carbocycles. The predicted molar refractivity (Wildman–Crippen MR) is 78.5 cm³/mol. The molecule has 108 valence electrons. The maximum atomic E-state index is 12.3. The summed E-state index contributed by atoms with van der Waals surface area (Å²) in [6.07, 6.45) is 0. The van der Waals surface area contributed by atoms with Crippen LogP contribution in [0.25, 0.3) is 0 Å². The van der Waals surface area contributed by atoms with E-state index in [4.69, 9.17) is 25.8 Å². The molecule has 0 radical (unpaired) electrons. The molecule has 0 bridgehead atoms. The summed E-state index contributed by atoms with van der Waals surface area (Å²) >= 11 is 6.13. The van der Waals surface area contributed by atoms with Gasteiger partial charge in [0, 0.05) is 12.1 Å². The Morgan fingerprint density at radius 1 is 1.24 bits per heavy atom. The molecule has 0 saturated heterocycles. The molecule has 0 aliphatic carbocycles. The Balaban J connectivity index is 1.88. The molecule has 2 aromatic carbocycles. The van der Waals surface area contributed by atoms with E-state index in [9.17, 15) is 4.79 Å². The lowest BCUT2D eigenvalue weighted by molar-refractivity contribution is 0.102. The molecule has 3 rings (SSSR count). The number of carbonyl (C=O) groups is 1. The van der Waals surface area contributed by atoms with Crippen molar-refractivity contribution in [1.82, 2.24) is 0 Å². The minimum atomic E-state index is -0.312. The van der Waals surface area contributed by atoms with Crippen LogP contribution in [0.15, 0.2) is 36.4 Å². The number of fused-ring (bicyclic) bond motifs is 1. The van der Waals surface area contributed by atoms with Crippen molar-refractivity contribution in [3.05, 3.63) is 47.0 Å². The number of anilines is 1. The first kappa shape index (κ1) is 13.6. The molecule has 5 nitrogen and oxygen atoms in total. The average molecular weight is 306 g/mol. The summed E-state index contributed by atoms with van der Waals surface area (Å²) in [6.45, 7) is 0.148. The monoisotopic (exact) mass is 305 g/mol. The van der Waals surface area contributed by atoms with Crippen molar-refractivity contribution in [2.24, 2.45) is 0 Å². The Labute approximate surface area is 126 Å². The van der Waals surface area contributed by atoms with E-state index in [0.717, 1.165) is 0 Å². The summed E-state index contributed by atoms with van der Waals surface area (Å²) in [5.41, 5.74) is 0.880. The van der Waals surface area contributed by atoms with Gasteiger partial charge >= 0.3 is 0 Å². The zero-order valence-corrected chi connectivity index (χ0v) is 11.9. The topological polar surface area (TPSA) is 56.8 Å². The summed E-state index contributed by atoms with van der Waals surface area (Å²) in [7, 11) is 1.51. The second-order valence-electron chi connectivity index (χ2n) is 4.34. The van der Waals surface area contributed by atoms with Crippen molar-refractivity contribution in [2.45, 2.75) is 0 Å². The molecule has 21 heavy (non-hydrogen) atoms. The van der Waals surface area contributed by atoms with Crippen molar-refractivity contribution in [3.63, 3.8) is 0 Å². The molecule has 0 fully saturated rings. The Morgan fingerprint density at radius 3 is 2.71 bits per heavy atom. The van der Waals surface area contributed by atoms with Gasteiger partial charge in [-0.2, -0.15) is 0 Å². The van der Waals surface area contributed by atoms with Crippen LogP contribution < -0.4 is 19.5 Å². The van der Waals surface area contributed by atoms with E-state index >= 15 is 0 Å². The van der Waals surface area contributed by atoms with Gasteiger partial charge in [0.2, 0.25) is 6.79 Å². The van der Waals surface area contributed by atoms with E-state index in [1.807, 2.05) is 0 Å². The molecule has 1 aliphatic heterocycles. The van der Waals surface area contributed by atoms with Crippen LogP contribution in [0.3, 0.4) is 0 Å². The van der Waals surface area contributed by atoms with Crippen molar-refractivity contribution in [3.8, 4) is 17.2 Å². The quantitative estimate of drug-likeness (QED) is 0.945. The third-order valence-electron chi connectivity index (χ3n) is 3.06. The van der Waals surface area contributed by atoms with Gasteiger partial charge in [-0.25, -0.2) is 0 Å². The third kappa shape index (κ3) is 2.60. The van der Waals surface area contributed by atoms with Crippen LogP contribution in [0, 0.1) is 0 Å². The molecule has 1 aliphatic rings. The SMILES string of the molecule is COc1ccccc1C(=O)Nc1cc2c(cc1Cl)OCO2. The predicted octanol–water partition coefficient (Wildman–Crippen LogP) is 3.33. The van der Waals surface area contributed by atoms with Crippen LogP contribution in [0.2, 0.25) is 5.02 Å². The van der Waals surface area contributed by atoms with Gasteiger partial charge in [-0.1, -0.05) is 23.7 Å². The lowest BCUT2D eigenvalue weighted by Gasteiger charge is -2.10. The number of halogens is 1. The zero-order valence-electron chi connectivity index (χ0n) is 11.2. The van der Waals surface area contributed by atoms with Gasteiger partial charge in [0.15, 0.2) is 11.5 Å². The smallest absolute Gasteiger partial charge is 0.259 e. The molecular formula is C15H12ClNO4. The number of carbonyl (C=O) groups excluding carboxylic acids is 1. The first-order valence-electron chi connectivity index (χ1n) is 6.22. The fourth-order valence-corrected chi connectivity index (χ4v) is 2.24. The molecule has 2 aromatic rings. The number of nitrogens with one attached hydrogen (secondary N) is 1. The van der Waals surface area contributed by atoms with Gasteiger partial charge in [-0.3, -0.25) is 4.79 Å². The molecule has 6 heteroatoms. The molecule has 0 unspecified atom stereocenters. The average Bonchev–Trinajstić information content (AvgIpc) is 2.94. The summed E-state index contributed by atoms with van der Waals surface area (Å²) < 4.78 is 15.7. The molecule has 1 N–H and O–H groups in total. The van der Waals surface area contributed by atoms with Crippen LogP contribution in [0.1, 0.15) is 10.4 Å². The molecule has 1 amide bonds. The maximum Gasteiger partial charge on any atom is 0.259 e. The first-order chi connectivity index (χ1) is 10.2. The Bertz CT molecular complexity index is 702. The van der Waals surface area contributed by atoms with Crippen LogP contribution in [-0.4, -0.2) is 19.8 Å². The first-order valence-corrected chi connectivity index (χ1v) is 6.60. The Kier molecular flexibility index (Phi) is 3.58. The van der Waals surface area contributed by atoms with Crippen LogP contribution in [0.4, 0.5) is 5.69 Å². The number of hydrogen-bond acceptors (Lipinski definition) is 4. The highest BCUT2D eigenvalue weighted by Crippen LogP contribution is 2.39. The molecule has 0 aromatic heterocycles. The maximum absolute atomic E-state index is 12.3. The molecule has 1 heterocycles. The lowest BCUT2D eigenvalue weighted by atomic mass is 10.2. The fourth-order valence-electron chi connectivity index (χ4n) is 2.03. The minimum Gasteiger partial charge on any atom is -0.496 e. The highest BCUT2D eigenvalue weighted by atomic mass is 35.5. The van der Waals surface area contributed by atoms with Crippen LogP contribution in [-0.2, 0) is 0 Å². The number of ether oxygens (including phenoxy) is 3. The highest BCUT2D eigenvalue weighted by Gasteiger charge is 2.19. The van der Waals surface area contributed by atoms with Crippen molar-refractivity contribution < 1.29 is 19.0 Å². The third-order valence-corrected chi connectivity index (χ3v) is 3.37. The van der Waals surface area contributed by atoms with Gasteiger partial charge in [0.1, 0.15) is 5.75 Å². The summed E-state index contributed by atoms with van der Waals surface area (Å²) in [5, 5.41) is 3.12. The van der Waals surface area contributed by atoms with Gasteiger partial charge in [0.25, 0.3) is 5.91 Å². The van der Waals surface area contributed by atoms with Crippen molar-refractivity contribution >= 4 is 23.2 Å². The van der Waals surface area contributed by atoms with Gasteiger partial charge in [0.05, 0.1) is 23.4 Å². The molecular weight excluding hydrogens is 294 g/mol. The lowest BCUT2D eigenvalue weighted by Crippen LogP contribution is -2.13. The van der Waals surface area contributed by atoms with Gasteiger partial charge in [-0.05, 0) is 12.1 Å². The minimum absolute atomic E-state index is 0.148. The van der Waals surface area contributed by atoms with Crippen LogP contribution >= 0.6 is 11.6 Å². The van der Waals surface area contributed by atoms with E-state index in [-0.39, 0.29) is 12.7 Å². The van der Waals surface area contributed by atoms with Gasteiger partial charge in [-0.15, -0.1) is 0 Å². The number of amides is 1. The second kappa shape index (κ2) is 5.54. The van der Waals surface area contributed by atoms with Crippen LogP contribution in [0.5, 0.6) is 17.2 Å². The zero-order chi connectivity index (χ0) is 14.8. The van der Waals surface area contributed by atoms with Crippen molar-refractivity contribution in [1.29, 1.82) is 0 Å². The molecule has 0 spiro atoms.